The van der Waals surface area contributed by atoms with E-state index in [2.05, 4.69) is 77.2 Å². The summed E-state index contributed by atoms with van der Waals surface area (Å²) in [5.41, 5.74) is 18.1. The molecule has 40 heavy (non-hydrogen) atoms. The number of aryl methyl sites for hydroxylation is 5. The third kappa shape index (κ3) is 13.0. The Morgan fingerprint density at radius 3 is 1.77 bits per heavy atom. The van der Waals surface area contributed by atoms with E-state index >= 15 is 0 Å². The molecule has 0 spiro atoms. The number of nitrogens with two attached hydrogens (primary N) is 2. The molecule has 0 unspecified atom stereocenters. The molecule has 3 aromatic carbocycles. The summed E-state index contributed by atoms with van der Waals surface area (Å²) in [5.74, 6) is 1.02. The molecule has 0 saturated heterocycles. The topological polar surface area (TPSA) is 73.3 Å². The average molecular weight is 562 g/mol. The molecule has 0 fully saturated rings. The molecule has 224 valence electrons. The minimum atomic E-state index is -4.30. The Kier molecular flexibility index (Phi) is 17.9. The van der Waals surface area contributed by atoms with Crippen LogP contribution in [-0.4, -0.2) is 26.2 Å². The predicted octanol–water partition coefficient (Wildman–Crippen LogP) is 7.59. The molecule has 3 rings (SSSR count). The van der Waals surface area contributed by atoms with Crippen LogP contribution >= 0.6 is 0 Å². The Labute approximate surface area is 240 Å². The third-order valence-corrected chi connectivity index (χ3v) is 6.16. The van der Waals surface area contributed by atoms with Gasteiger partial charge in [-0.25, -0.2) is 0 Å². The van der Waals surface area contributed by atoms with Crippen molar-refractivity contribution in [2.75, 3.05) is 20.2 Å². The fraction of sp³-hybridized carbons (Fsp3) is 0.455. The molecule has 0 aliphatic heterocycles. The second kappa shape index (κ2) is 19.2. The molecule has 0 aliphatic carbocycles. The van der Waals surface area contributed by atoms with Gasteiger partial charge in [-0.3, -0.25) is 0 Å². The molecule has 0 aromatic heterocycles. The van der Waals surface area contributed by atoms with Crippen LogP contribution in [0.4, 0.5) is 13.2 Å². The molecule has 0 aliphatic rings. The molecule has 4 nitrogen and oxygen atoms in total. The zero-order valence-corrected chi connectivity index (χ0v) is 25.8. The molecule has 0 amide bonds. The summed E-state index contributed by atoms with van der Waals surface area (Å²) in [6.45, 7) is 18.1. The van der Waals surface area contributed by atoms with E-state index in [0.29, 0.717) is 12.6 Å². The SMILES string of the molecule is CC.CN[C@H](C)COc1c(C)cccc1C.Cc1cc(C)c(CCN)c(C)c1.NCc1ccccc1C(F)(F)F. The van der Waals surface area contributed by atoms with Gasteiger partial charge in [0.1, 0.15) is 12.4 Å². The molecule has 0 heterocycles. The lowest BCUT2D eigenvalue weighted by atomic mass is 9.97. The second-order valence-corrected chi connectivity index (χ2v) is 9.50. The van der Waals surface area contributed by atoms with Gasteiger partial charge in [0.15, 0.2) is 0 Å². The van der Waals surface area contributed by atoms with Crippen LogP contribution in [0.3, 0.4) is 0 Å². The standard InChI is InChI=1S/C12H19NO.C11H17N.C8H8F3N.C2H6/c1-9-6-5-7-10(2)12(9)14-8-11(3)13-4;1-8-6-9(2)11(4-5-12)10(3)7-8;9-8(10,11)7-4-2-1-3-6(7)5-12;1-2/h5-7,11,13H,8H2,1-4H3;6-7H,4-5,12H2,1-3H3;1-4H,5,12H2;1-2H3/t11-;;;/m1.../s1. The average Bonchev–Trinajstić information content (AvgIpc) is 2.91. The third-order valence-electron chi connectivity index (χ3n) is 6.16. The number of rotatable bonds is 7. The highest BCUT2D eigenvalue weighted by Crippen LogP contribution is 2.31. The maximum Gasteiger partial charge on any atom is 0.416 e. The number of alkyl halides is 3. The Hall–Kier alpha value is -2.87. The monoisotopic (exact) mass is 561 g/mol. The molecular weight excluding hydrogens is 511 g/mol. The van der Waals surface area contributed by atoms with E-state index in [9.17, 15) is 13.2 Å². The minimum absolute atomic E-state index is 0.0876. The number of hydrogen-bond acceptors (Lipinski definition) is 4. The normalized spacial score (nSPS) is 11.2. The fourth-order valence-corrected chi connectivity index (χ4v) is 4.04. The lowest BCUT2D eigenvalue weighted by Crippen LogP contribution is -2.28. The van der Waals surface area contributed by atoms with E-state index in [4.69, 9.17) is 16.2 Å². The van der Waals surface area contributed by atoms with Crippen LogP contribution in [0.25, 0.3) is 0 Å². The van der Waals surface area contributed by atoms with Gasteiger partial charge < -0.3 is 21.5 Å². The zero-order chi connectivity index (χ0) is 30.9. The van der Waals surface area contributed by atoms with Gasteiger partial charge in [-0.05, 0) is 101 Å². The van der Waals surface area contributed by atoms with Crippen molar-refractivity contribution in [1.29, 1.82) is 0 Å². The number of benzene rings is 3. The first-order valence-electron chi connectivity index (χ1n) is 13.8. The summed E-state index contributed by atoms with van der Waals surface area (Å²) in [4.78, 5) is 0. The first-order chi connectivity index (χ1) is 18.8. The molecule has 0 radical (unpaired) electrons. The number of nitrogens with one attached hydrogen (secondary N) is 1. The highest BCUT2D eigenvalue weighted by Gasteiger charge is 2.32. The summed E-state index contributed by atoms with van der Waals surface area (Å²) in [5, 5.41) is 3.15. The van der Waals surface area contributed by atoms with Crippen molar-refractivity contribution in [2.24, 2.45) is 11.5 Å². The molecular formula is C33H50F3N3O. The molecule has 1 atom stereocenters. The molecule has 0 bridgehead atoms. The first kappa shape index (κ1) is 37.1. The van der Waals surface area contributed by atoms with Crippen molar-refractivity contribution in [3.8, 4) is 5.75 Å². The number of para-hydroxylation sites is 1. The quantitative estimate of drug-likeness (QED) is 0.278. The molecule has 5 N–H and O–H groups in total. The number of likely N-dealkylation sites (N-methyl/N-ethyl adjacent to an activating group) is 1. The Morgan fingerprint density at radius 1 is 0.825 bits per heavy atom. The maximum atomic E-state index is 12.2. The lowest BCUT2D eigenvalue weighted by Gasteiger charge is -2.15. The Bertz CT molecular complexity index is 1090. The number of ether oxygens (including phenoxy) is 1. The zero-order valence-electron chi connectivity index (χ0n) is 25.8. The molecule has 3 aromatic rings. The smallest absolute Gasteiger partial charge is 0.416 e. The van der Waals surface area contributed by atoms with Crippen LogP contribution in [0.2, 0.25) is 0 Å². The van der Waals surface area contributed by atoms with Gasteiger partial charge >= 0.3 is 6.18 Å². The van der Waals surface area contributed by atoms with Crippen molar-refractivity contribution in [3.63, 3.8) is 0 Å². The van der Waals surface area contributed by atoms with Gasteiger partial charge in [0.25, 0.3) is 0 Å². The number of hydrogen-bond donors (Lipinski definition) is 3. The van der Waals surface area contributed by atoms with Gasteiger partial charge in [0, 0.05) is 12.6 Å². The summed E-state index contributed by atoms with van der Waals surface area (Å²) in [6, 6.07) is 16.3. The van der Waals surface area contributed by atoms with Gasteiger partial charge in [-0.1, -0.05) is 67.9 Å². The van der Waals surface area contributed by atoms with Crippen LogP contribution in [-0.2, 0) is 19.1 Å². The molecule has 7 heteroatoms. The Balaban J connectivity index is 0.000000555. The molecule has 0 saturated carbocycles. The van der Waals surface area contributed by atoms with E-state index in [1.54, 1.807) is 0 Å². The van der Waals surface area contributed by atoms with Crippen LogP contribution in [0.5, 0.6) is 5.75 Å². The predicted molar refractivity (Wildman–Crippen MR) is 164 cm³/mol. The first-order valence-corrected chi connectivity index (χ1v) is 13.8. The van der Waals surface area contributed by atoms with Crippen LogP contribution in [0.15, 0.2) is 54.6 Å². The Morgan fingerprint density at radius 2 is 1.35 bits per heavy atom. The number of halogens is 3. The fourth-order valence-electron chi connectivity index (χ4n) is 4.04. The van der Waals surface area contributed by atoms with Gasteiger partial charge in [-0.2, -0.15) is 13.2 Å². The van der Waals surface area contributed by atoms with Gasteiger partial charge in [0.05, 0.1) is 5.56 Å². The van der Waals surface area contributed by atoms with Crippen LogP contribution in [0.1, 0.15) is 65.3 Å². The van der Waals surface area contributed by atoms with Crippen LogP contribution in [0, 0.1) is 34.6 Å². The van der Waals surface area contributed by atoms with E-state index in [1.165, 1.54) is 51.6 Å². The lowest BCUT2D eigenvalue weighted by molar-refractivity contribution is -0.138. The van der Waals surface area contributed by atoms with Crippen molar-refractivity contribution >= 4 is 0 Å². The minimum Gasteiger partial charge on any atom is -0.491 e. The van der Waals surface area contributed by atoms with E-state index in [1.807, 2.05) is 20.9 Å². The van der Waals surface area contributed by atoms with E-state index in [0.717, 1.165) is 24.8 Å². The van der Waals surface area contributed by atoms with Crippen LogP contribution < -0.4 is 21.5 Å². The van der Waals surface area contributed by atoms with Crippen molar-refractivity contribution in [2.45, 2.75) is 80.6 Å². The van der Waals surface area contributed by atoms with Crippen molar-refractivity contribution < 1.29 is 17.9 Å². The van der Waals surface area contributed by atoms with Gasteiger partial charge in [0.2, 0.25) is 0 Å². The van der Waals surface area contributed by atoms with E-state index in [-0.39, 0.29) is 12.1 Å². The highest BCUT2D eigenvalue weighted by molar-refractivity contribution is 5.40. The summed E-state index contributed by atoms with van der Waals surface area (Å²) in [6.07, 6.45) is -3.30. The van der Waals surface area contributed by atoms with Crippen molar-refractivity contribution in [1.82, 2.24) is 5.32 Å². The van der Waals surface area contributed by atoms with Gasteiger partial charge in [-0.15, -0.1) is 0 Å². The van der Waals surface area contributed by atoms with E-state index < -0.39 is 11.7 Å². The van der Waals surface area contributed by atoms with Crippen molar-refractivity contribution in [3.05, 3.63) is 99.1 Å². The summed E-state index contributed by atoms with van der Waals surface area (Å²) in [7, 11) is 1.94. The second-order valence-electron chi connectivity index (χ2n) is 9.50. The highest BCUT2D eigenvalue weighted by atomic mass is 19.4. The maximum absolute atomic E-state index is 12.2. The summed E-state index contributed by atoms with van der Waals surface area (Å²) < 4.78 is 42.3. The summed E-state index contributed by atoms with van der Waals surface area (Å²) >= 11 is 0. The largest absolute Gasteiger partial charge is 0.491 e.